The second-order valence-corrected chi connectivity index (χ2v) is 15.6. The Morgan fingerprint density at radius 3 is 1.32 bits per heavy atom. The molecule has 66 heavy (non-hydrogen) atoms. The highest BCUT2D eigenvalue weighted by Crippen LogP contribution is 2.31. The van der Waals surface area contributed by atoms with Crippen LogP contribution in [-0.2, 0) is 36.8 Å². The lowest BCUT2D eigenvalue weighted by Crippen LogP contribution is -2.32. The van der Waals surface area contributed by atoms with Gasteiger partial charge in [0, 0.05) is 50.9 Å². The van der Waals surface area contributed by atoms with Gasteiger partial charge in [0.05, 0.1) is 36.0 Å². The van der Waals surface area contributed by atoms with Crippen LogP contribution in [-0.4, -0.2) is 61.5 Å². The van der Waals surface area contributed by atoms with E-state index in [-0.39, 0.29) is 61.6 Å². The lowest BCUT2D eigenvalue weighted by atomic mass is 10.1. The Labute approximate surface area is 403 Å². The van der Waals surface area contributed by atoms with Crippen LogP contribution in [0.2, 0.25) is 10.0 Å². The molecule has 2 unspecified atom stereocenters. The molecule has 5 aromatic rings. The van der Waals surface area contributed by atoms with E-state index < -0.39 is 47.3 Å². The van der Waals surface area contributed by atoms with E-state index in [0.717, 1.165) is 13.8 Å². The Bertz CT molecular complexity index is 2750. The molecule has 0 fully saturated rings. The fourth-order valence-electron chi connectivity index (χ4n) is 5.98. The Kier molecular flexibility index (Phi) is 18.1. The van der Waals surface area contributed by atoms with Gasteiger partial charge < -0.3 is 30.7 Å². The van der Waals surface area contributed by atoms with Crippen molar-refractivity contribution in [1.82, 2.24) is 0 Å². The molecule has 4 N–H and O–H groups in total. The van der Waals surface area contributed by atoms with Gasteiger partial charge in [0.1, 0.15) is 22.9 Å². The van der Waals surface area contributed by atoms with Gasteiger partial charge in [0.15, 0.2) is 11.6 Å². The first-order valence-corrected chi connectivity index (χ1v) is 21.8. The van der Waals surface area contributed by atoms with Gasteiger partial charge in [-0.3, -0.25) is 28.8 Å². The van der Waals surface area contributed by atoms with Gasteiger partial charge in [0.2, 0.25) is 12.1 Å². The summed E-state index contributed by atoms with van der Waals surface area (Å²) in [6, 6.07) is 19.4. The number of carbonyl (C=O) groups excluding carboxylic acids is 6. The SMILES string of the molecule is COc1ccc(NC(=O)c2ccc(Cl)c(N=NC(C(C)=O)C(=O)Nc3ccc(NC(=O)C(N=Nc4cc(C(=O)Nc5ccc(OC)c(CCl)c5)ccc4Cl)C(C)=O)c(CCl)c3)c2)cc1CCl. The molecule has 0 spiro atoms. The minimum atomic E-state index is -1.64. The molecule has 0 aromatic heterocycles. The zero-order chi connectivity index (χ0) is 48.1. The summed E-state index contributed by atoms with van der Waals surface area (Å²) in [5.74, 6) is -2.79. The van der Waals surface area contributed by atoms with Gasteiger partial charge in [0.25, 0.3) is 23.6 Å². The first-order valence-electron chi connectivity index (χ1n) is 19.4. The number of hydrogen-bond donors (Lipinski definition) is 4. The molecule has 16 nitrogen and oxygen atoms in total. The lowest BCUT2D eigenvalue weighted by molar-refractivity contribution is -0.127. The molecule has 5 aromatic carbocycles. The second-order valence-electron chi connectivity index (χ2n) is 14.0. The van der Waals surface area contributed by atoms with Gasteiger partial charge >= 0.3 is 0 Å². The van der Waals surface area contributed by atoms with Gasteiger partial charge in [-0.25, -0.2) is 0 Å². The topological polar surface area (TPSA) is 218 Å². The number of ketones is 2. The number of carbonyl (C=O) groups is 6. The molecule has 0 bridgehead atoms. The van der Waals surface area contributed by atoms with Crippen LogP contribution in [0.3, 0.4) is 0 Å². The normalized spacial score (nSPS) is 12.0. The first kappa shape index (κ1) is 50.6. The fraction of sp³-hybridized carbons (Fsp3) is 0.200. The summed E-state index contributed by atoms with van der Waals surface area (Å²) in [7, 11) is 3.01. The van der Waals surface area contributed by atoms with Crippen molar-refractivity contribution < 1.29 is 38.2 Å². The van der Waals surface area contributed by atoms with Crippen molar-refractivity contribution in [3.05, 3.63) is 129 Å². The zero-order valence-electron chi connectivity index (χ0n) is 35.4. The number of Topliss-reactive ketones (excluding diaryl/α,β-unsaturated/α-hetero) is 2. The molecule has 0 heterocycles. The summed E-state index contributed by atoms with van der Waals surface area (Å²) in [6.07, 6.45) is 0. The summed E-state index contributed by atoms with van der Waals surface area (Å²) >= 11 is 30.9. The lowest BCUT2D eigenvalue weighted by Gasteiger charge is -2.15. The summed E-state index contributed by atoms with van der Waals surface area (Å²) in [4.78, 5) is 78.2. The number of azo groups is 2. The van der Waals surface area contributed by atoms with Crippen molar-refractivity contribution in [2.75, 3.05) is 35.5 Å². The van der Waals surface area contributed by atoms with E-state index in [9.17, 15) is 28.8 Å². The molecule has 5 rings (SSSR count). The Balaban J connectivity index is 1.25. The number of ether oxygens (including phenoxy) is 2. The molecule has 0 aliphatic heterocycles. The van der Waals surface area contributed by atoms with E-state index in [2.05, 4.69) is 41.7 Å². The van der Waals surface area contributed by atoms with E-state index >= 15 is 0 Å². The molecule has 0 radical (unpaired) electrons. The van der Waals surface area contributed by atoms with Crippen molar-refractivity contribution in [3.63, 3.8) is 0 Å². The van der Waals surface area contributed by atoms with Crippen LogP contribution in [0.4, 0.5) is 34.1 Å². The van der Waals surface area contributed by atoms with Crippen molar-refractivity contribution in [3.8, 4) is 11.5 Å². The number of amides is 4. The molecule has 0 saturated heterocycles. The Hall–Kier alpha value is -6.43. The summed E-state index contributed by atoms with van der Waals surface area (Å²) in [6.45, 7) is 2.29. The highest BCUT2D eigenvalue weighted by atomic mass is 35.5. The summed E-state index contributed by atoms with van der Waals surface area (Å²) < 4.78 is 10.5. The number of benzene rings is 5. The fourth-order valence-corrected chi connectivity index (χ4v) is 6.93. The third-order valence-corrected chi connectivity index (χ3v) is 10.9. The minimum Gasteiger partial charge on any atom is -0.496 e. The van der Waals surface area contributed by atoms with Crippen LogP contribution >= 0.6 is 58.0 Å². The van der Waals surface area contributed by atoms with Crippen molar-refractivity contribution in [2.45, 2.75) is 43.6 Å². The Morgan fingerprint density at radius 2 is 0.909 bits per heavy atom. The van der Waals surface area contributed by atoms with Crippen LogP contribution in [0.15, 0.2) is 111 Å². The quantitative estimate of drug-likeness (QED) is 0.0353. The van der Waals surface area contributed by atoms with Crippen molar-refractivity contribution in [1.29, 1.82) is 0 Å². The molecular formula is C45H39Cl5N8O8. The van der Waals surface area contributed by atoms with E-state index in [1.165, 1.54) is 68.8 Å². The number of rotatable bonds is 19. The van der Waals surface area contributed by atoms with Crippen LogP contribution in [0, 0.1) is 0 Å². The van der Waals surface area contributed by atoms with Crippen molar-refractivity contribution >= 4 is 127 Å². The highest BCUT2D eigenvalue weighted by Gasteiger charge is 2.26. The number of anilines is 4. The van der Waals surface area contributed by atoms with Crippen molar-refractivity contribution in [2.24, 2.45) is 20.5 Å². The average Bonchev–Trinajstić information content (AvgIpc) is 3.30. The van der Waals surface area contributed by atoms with Crippen LogP contribution in [0.1, 0.15) is 51.3 Å². The molecule has 0 saturated carbocycles. The maximum absolute atomic E-state index is 13.4. The Morgan fingerprint density at radius 1 is 0.515 bits per heavy atom. The standard InChI is InChI=1S/C45H39Cl5N8O8/c1-23(59)40(57-55-36-18-25(5-10-33(36)49)42(61)51-31-8-13-38(65-3)28(16-31)21-47)44(63)53-30-7-12-35(27(15-30)20-46)54-45(64)41(24(2)60)58-56-37-19-26(6-11-34(37)50)43(62)52-32-9-14-39(66-4)29(17-32)22-48/h5-19,40-41H,20-22H2,1-4H3,(H,51,61)(H,52,62)(H,53,63)(H,54,64). The number of methoxy groups -OCH3 is 2. The zero-order valence-corrected chi connectivity index (χ0v) is 39.2. The summed E-state index contributed by atoms with van der Waals surface area (Å²) in [5.41, 5.74) is 3.25. The highest BCUT2D eigenvalue weighted by molar-refractivity contribution is 6.33. The molecule has 4 amide bonds. The monoisotopic (exact) mass is 994 g/mol. The van der Waals surface area contributed by atoms with Gasteiger partial charge in [-0.05, 0) is 110 Å². The third kappa shape index (κ3) is 13.1. The number of nitrogens with one attached hydrogen (secondary N) is 4. The maximum Gasteiger partial charge on any atom is 0.258 e. The largest absolute Gasteiger partial charge is 0.496 e. The third-order valence-electron chi connectivity index (χ3n) is 9.38. The maximum atomic E-state index is 13.4. The van der Waals surface area contributed by atoms with E-state index in [0.29, 0.717) is 39.6 Å². The number of halogens is 5. The molecular weight excluding hydrogens is 958 g/mol. The smallest absolute Gasteiger partial charge is 0.258 e. The van der Waals surface area contributed by atoms with Crippen LogP contribution in [0.5, 0.6) is 11.5 Å². The molecule has 0 aliphatic rings. The number of alkyl halides is 3. The second kappa shape index (κ2) is 23.7. The predicted molar refractivity (Wildman–Crippen MR) is 255 cm³/mol. The van der Waals surface area contributed by atoms with E-state index in [1.54, 1.807) is 36.4 Å². The molecule has 2 atom stereocenters. The number of nitrogens with zero attached hydrogens (tertiary/aromatic N) is 4. The minimum absolute atomic E-state index is 0.0102. The van der Waals surface area contributed by atoms with Gasteiger partial charge in [-0.15, -0.1) is 34.8 Å². The first-order chi connectivity index (χ1) is 31.6. The van der Waals surface area contributed by atoms with Gasteiger partial charge in [-0.2, -0.15) is 20.5 Å². The van der Waals surface area contributed by atoms with Gasteiger partial charge in [-0.1, -0.05) is 23.2 Å². The van der Waals surface area contributed by atoms with E-state index in [4.69, 9.17) is 67.5 Å². The molecule has 0 aliphatic carbocycles. The van der Waals surface area contributed by atoms with Crippen LogP contribution in [0.25, 0.3) is 0 Å². The number of hydrogen-bond acceptors (Lipinski definition) is 12. The van der Waals surface area contributed by atoms with E-state index in [1.807, 2.05) is 0 Å². The summed E-state index contributed by atoms with van der Waals surface area (Å²) in [5, 5.41) is 26.9. The average molecular weight is 997 g/mol. The molecule has 342 valence electrons. The molecule has 21 heteroatoms. The predicted octanol–water partition coefficient (Wildman–Crippen LogP) is 11.1. The van der Waals surface area contributed by atoms with Crippen LogP contribution < -0.4 is 30.7 Å².